The van der Waals surface area contributed by atoms with Crippen molar-refractivity contribution in [2.75, 3.05) is 37.6 Å². The van der Waals surface area contributed by atoms with Gasteiger partial charge in [0.2, 0.25) is 5.89 Å². The minimum Gasteiger partial charge on any atom is -0.370 e. The zero-order valence-corrected chi connectivity index (χ0v) is 18.7. The van der Waals surface area contributed by atoms with Crippen LogP contribution in [0.2, 0.25) is 0 Å². The summed E-state index contributed by atoms with van der Waals surface area (Å²) in [5.41, 5.74) is 7.17. The smallest absolute Gasteiger partial charge is 0.226 e. The summed E-state index contributed by atoms with van der Waals surface area (Å²) in [6.07, 6.45) is 1.52. The highest BCUT2D eigenvalue weighted by molar-refractivity contribution is 14.0. The average Bonchev–Trinajstić information content (AvgIpc) is 3.15. The van der Waals surface area contributed by atoms with Gasteiger partial charge in [0.05, 0.1) is 0 Å². The maximum Gasteiger partial charge on any atom is 0.226 e. The van der Waals surface area contributed by atoms with Crippen LogP contribution in [0.5, 0.6) is 0 Å². The van der Waals surface area contributed by atoms with Crippen molar-refractivity contribution in [2.45, 2.75) is 32.6 Å². The topological polar surface area (TPSA) is 83.8 Å². The Balaban J connectivity index is 0.00000280. The van der Waals surface area contributed by atoms with Crippen molar-refractivity contribution < 1.29 is 8.91 Å². The fourth-order valence-corrected chi connectivity index (χ4v) is 2.97. The summed E-state index contributed by atoms with van der Waals surface area (Å²) >= 11 is 0. The molecule has 3 rings (SSSR count). The second-order valence-corrected chi connectivity index (χ2v) is 7.00. The number of anilines is 1. The van der Waals surface area contributed by atoms with Gasteiger partial charge in [-0.3, -0.25) is 4.99 Å². The Morgan fingerprint density at radius 3 is 2.50 bits per heavy atom. The van der Waals surface area contributed by atoms with Crippen LogP contribution >= 0.6 is 24.0 Å². The summed E-state index contributed by atoms with van der Waals surface area (Å²) in [5.74, 6) is 2.02. The first-order chi connectivity index (χ1) is 13.0. The number of nitrogens with zero attached hydrogens (tertiary/aromatic N) is 5. The van der Waals surface area contributed by atoms with E-state index in [1.54, 1.807) is 0 Å². The fraction of sp³-hybridized carbons (Fsp3) is 0.526. The monoisotopic (exact) mass is 502 g/mol. The molecule has 0 amide bonds. The summed E-state index contributed by atoms with van der Waals surface area (Å²) in [7, 11) is 0. The van der Waals surface area contributed by atoms with Crippen LogP contribution in [0, 0.1) is 5.82 Å². The number of benzene rings is 1. The minimum absolute atomic E-state index is 0. The van der Waals surface area contributed by atoms with Gasteiger partial charge in [0.25, 0.3) is 0 Å². The molecule has 154 valence electrons. The van der Waals surface area contributed by atoms with Crippen molar-refractivity contribution in [3.8, 4) is 0 Å². The predicted molar refractivity (Wildman–Crippen MR) is 119 cm³/mol. The standard InChI is InChI=1S/C19H27FN6O.HI/c1-14(2)18-23-17(27-24-18)4-3-9-22-19(21)26-12-10-25(11-13-26)16-7-5-15(20)6-8-16;/h5-8,14H,3-4,9-13H2,1-2H3,(H2,21,22);1H. The molecule has 2 aromatic rings. The maximum atomic E-state index is 13.0. The van der Waals surface area contributed by atoms with Crippen molar-refractivity contribution in [1.82, 2.24) is 15.0 Å². The van der Waals surface area contributed by atoms with Crippen LogP contribution in [0.25, 0.3) is 0 Å². The molecule has 9 heteroatoms. The van der Waals surface area contributed by atoms with Crippen LogP contribution < -0.4 is 10.6 Å². The molecular weight excluding hydrogens is 474 g/mol. The van der Waals surface area contributed by atoms with Crippen molar-refractivity contribution in [3.63, 3.8) is 0 Å². The summed E-state index contributed by atoms with van der Waals surface area (Å²) in [4.78, 5) is 13.2. The van der Waals surface area contributed by atoms with E-state index in [-0.39, 0.29) is 35.7 Å². The number of guanidine groups is 1. The number of nitrogens with two attached hydrogens (primary N) is 1. The molecule has 28 heavy (non-hydrogen) atoms. The SMILES string of the molecule is CC(C)c1noc(CCCN=C(N)N2CCN(c3ccc(F)cc3)CC2)n1.I. The normalized spacial score (nSPS) is 15.1. The Morgan fingerprint density at radius 1 is 1.21 bits per heavy atom. The number of rotatable bonds is 6. The quantitative estimate of drug-likeness (QED) is 0.283. The fourth-order valence-electron chi connectivity index (χ4n) is 2.97. The molecule has 0 saturated carbocycles. The Bertz CT molecular complexity index is 756. The van der Waals surface area contributed by atoms with E-state index in [0.717, 1.165) is 44.1 Å². The molecule has 0 atom stereocenters. The molecule has 1 aromatic carbocycles. The highest BCUT2D eigenvalue weighted by Gasteiger charge is 2.18. The van der Waals surface area contributed by atoms with E-state index in [2.05, 4.69) is 24.9 Å². The Kier molecular flexibility index (Phi) is 8.46. The number of hydrogen-bond acceptors (Lipinski definition) is 5. The maximum absolute atomic E-state index is 13.0. The van der Waals surface area contributed by atoms with Gasteiger partial charge in [-0.1, -0.05) is 19.0 Å². The molecule has 0 bridgehead atoms. The van der Waals surface area contributed by atoms with Crippen LogP contribution in [-0.4, -0.2) is 53.7 Å². The highest BCUT2D eigenvalue weighted by Crippen LogP contribution is 2.17. The van der Waals surface area contributed by atoms with Crippen LogP contribution in [0.1, 0.15) is 37.9 Å². The van der Waals surface area contributed by atoms with Gasteiger partial charge in [0, 0.05) is 50.7 Å². The molecule has 2 heterocycles. The van der Waals surface area contributed by atoms with Gasteiger partial charge in [-0.25, -0.2) is 4.39 Å². The molecule has 0 unspecified atom stereocenters. The van der Waals surface area contributed by atoms with Crippen molar-refractivity contribution in [2.24, 2.45) is 10.7 Å². The van der Waals surface area contributed by atoms with Crippen molar-refractivity contribution in [3.05, 3.63) is 41.8 Å². The average molecular weight is 502 g/mol. The van der Waals surface area contributed by atoms with Gasteiger partial charge >= 0.3 is 0 Å². The zero-order chi connectivity index (χ0) is 19.2. The molecule has 7 nitrogen and oxygen atoms in total. The third-order valence-corrected chi connectivity index (χ3v) is 4.62. The highest BCUT2D eigenvalue weighted by atomic mass is 127. The van der Waals surface area contributed by atoms with Gasteiger partial charge in [0.15, 0.2) is 11.8 Å². The Labute approximate surface area is 182 Å². The second-order valence-electron chi connectivity index (χ2n) is 7.00. The van der Waals surface area contributed by atoms with E-state index in [1.165, 1.54) is 12.1 Å². The minimum atomic E-state index is -0.213. The lowest BCUT2D eigenvalue weighted by Crippen LogP contribution is -2.51. The number of halogens is 2. The van der Waals surface area contributed by atoms with Gasteiger partial charge in [-0.15, -0.1) is 24.0 Å². The first-order valence-corrected chi connectivity index (χ1v) is 9.41. The molecule has 1 aliphatic heterocycles. The predicted octanol–water partition coefficient (Wildman–Crippen LogP) is 3.02. The molecule has 1 aromatic heterocycles. The van der Waals surface area contributed by atoms with E-state index < -0.39 is 0 Å². The van der Waals surface area contributed by atoms with E-state index in [1.807, 2.05) is 26.0 Å². The zero-order valence-electron chi connectivity index (χ0n) is 16.3. The van der Waals surface area contributed by atoms with E-state index in [9.17, 15) is 4.39 Å². The molecule has 0 radical (unpaired) electrons. The van der Waals surface area contributed by atoms with Crippen LogP contribution in [0.3, 0.4) is 0 Å². The largest absolute Gasteiger partial charge is 0.370 e. The lowest BCUT2D eigenvalue weighted by molar-refractivity contribution is 0.368. The molecule has 1 fully saturated rings. The van der Waals surface area contributed by atoms with Crippen molar-refractivity contribution >= 4 is 35.6 Å². The number of aromatic nitrogens is 2. The lowest BCUT2D eigenvalue weighted by Gasteiger charge is -2.36. The third-order valence-electron chi connectivity index (χ3n) is 4.62. The van der Waals surface area contributed by atoms with Gasteiger partial charge in [-0.2, -0.15) is 4.98 Å². The van der Waals surface area contributed by atoms with E-state index in [0.29, 0.717) is 24.8 Å². The molecular formula is C19H28FIN6O. The molecule has 0 aliphatic carbocycles. The Morgan fingerprint density at radius 2 is 1.89 bits per heavy atom. The number of aliphatic imine (C=N–C) groups is 1. The van der Waals surface area contributed by atoms with Crippen molar-refractivity contribution in [1.29, 1.82) is 0 Å². The summed E-state index contributed by atoms with van der Waals surface area (Å²) in [5, 5.41) is 3.96. The van der Waals surface area contributed by atoms with Crippen LogP contribution in [0.4, 0.5) is 10.1 Å². The summed E-state index contributed by atoms with van der Waals surface area (Å²) in [6, 6.07) is 6.60. The van der Waals surface area contributed by atoms with Gasteiger partial charge < -0.3 is 20.1 Å². The molecule has 0 spiro atoms. The first kappa shape index (κ1) is 22.4. The summed E-state index contributed by atoms with van der Waals surface area (Å²) < 4.78 is 18.3. The molecule has 2 N–H and O–H groups in total. The van der Waals surface area contributed by atoms with Crippen LogP contribution in [-0.2, 0) is 6.42 Å². The van der Waals surface area contributed by atoms with Crippen LogP contribution in [0.15, 0.2) is 33.8 Å². The van der Waals surface area contributed by atoms with Gasteiger partial charge in [0.1, 0.15) is 5.82 Å². The summed E-state index contributed by atoms with van der Waals surface area (Å²) in [6.45, 7) is 7.97. The third kappa shape index (κ3) is 6.05. The lowest BCUT2D eigenvalue weighted by atomic mass is 10.2. The van der Waals surface area contributed by atoms with Gasteiger partial charge in [-0.05, 0) is 30.7 Å². The number of hydrogen-bond donors (Lipinski definition) is 1. The van der Waals surface area contributed by atoms with E-state index in [4.69, 9.17) is 10.3 Å². The first-order valence-electron chi connectivity index (χ1n) is 9.41. The number of aryl methyl sites for hydroxylation is 1. The number of piperazine rings is 1. The second kappa shape index (κ2) is 10.6. The molecule has 1 aliphatic rings. The van der Waals surface area contributed by atoms with E-state index >= 15 is 0 Å². The molecule has 1 saturated heterocycles. The Hall–Kier alpha value is -1.91.